The molecule has 0 aliphatic heterocycles. The molecule has 37 heavy (non-hydrogen) atoms. The van der Waals surface area contributed by atoms with Gasteiger partial charge in [-0.2, -0.15) is 0 Å². The summed E-state index contributed by atoms with van der Waals surface area (Å²) in [5.41, 5.74) is 20.7. The Hall–Kier alpha value is -4.63. The van der Waals surface area contributed by atoms with Crippen molar-refractivity contribution in [2.24, 2.45) is 21.7 Å². The topological polar surface area (TPSA) is 157 Å². The number of aryl methyl sites for hydroxylation is 1. The lowest BCUT2D eigenvalue weighted by Gasteiger charge is -2.20. The van der Waals surface area contributed by atoms with Gasteiger partial charge in [-0.05, 0) is 62.7 Å². The van der Waals surface area contributed by atoms with E-state index in [1.54, 1.807) is 26.3 Å². The molecule has 0 fully saturated rings. The average molecular weight is 498 g/mol. The minimum atomic E-state index is -0.241. The first kappa shape index (κ1) is 25.5. The number of benzene rings is 3. The standard InChI is InChI=1S/C28H31N7O2/c1-15-11-21(17(3)33-24-8-6-5-7-20(24)28(30)34-35-31)27-22(12-15)25(36)16(2)26(37-27)18-9-10-23(29)19(13-18)14-32-4/h5-14,17,33,35H,29,31H2,1-4H3,(H2,30,34). The van der Waals surface area contributed by atoms with Crippen molar-refractivity contribution in [1.29, 1.82) is 0 Å². The van der Waals surface area contributed by atoms with Crippen LogP contribution < -0.4 is 33.6 Å². The van der Waals surface area contributed by atoms with Crippen molar-refractivity contribution in [3.8, 4) is 11.3 Å². The number of nitrogens with zero attached hydrogens (tertiary/aromatic N) is 2. The molecule has 1 aromatic heterocycles. The number of nitrogens with two attached hydrogens (primary N) is 3. The first-order chi connectivity index (χ1) is 17.7. The third-order valence-corrected chi connectivity index (χ3v) is 6.24. The van der Waals surface area contributed by atoms with E-state index in [-0.39, 0.29) is 17.3 Å². The predicted octanol–water partition coefficient (Wildman–Crippen LogP) is 3.96. The van der Waals surface area contributed by atoms with Crippen LogP contribution in [-0.4, -0.2) is 19.1 Å². The Labute approximate surface area is 215 Å². The molecular weight excluding hydrogens is 466 g/mol. The summed E-state index contributed by atoms with van der Waals surface area (Å²) in [6, 6.07) is 16.7. The van der Waals surface area contributed by atoms with Crippen LogP contribution in [0.2, 0.25) is 0 Å². The van der Waals surface area contributed by atoms with Gasteiger partial charge in [-0.3, -0.25) is 9.79 Å². The van der Waals surface area contributed by atoms with E-state index in [1.807, 2.05) is 62.4 Å². The maximum absolute atomic E-state index is 13.5. The second-order valence-electron chi connectivity index (χ2n) is 8.88. The van der Waals surface area contributed by atoms with E-state index >= 15 is 0 Å². The number of hydrogen-bond acceptors (Lipinski definition) is 8. The third kappa shape index (κ3) is 5.03. The molecule has 3 aromatic carbocycles. The molecule has 0 spiro atoms. The maximum Gasteiger partial charge on any atom is 0.196 e. The van der Waals surface area contributed by atoms with Crippen molar-refractivity contribution in [3.63, 3.8) is 0 Å². The van der Waals surface area contributed by atoms with Gasteiger partial charge >= 0.3 is 0 Å². The van der Waals surface area contributed by atoms with E-state index in [2.05, 4.69) is 20.9 Å². The number of hydrazine groups is 1. The summed E-state index contributed by atoms with van der Waals surface area (Å²) >= 11 is 0. The monoisotopic (exact) mass is 497 g/mol. The maximum atomic E-state index is 13.5. The molecule has 1 atom stereocenters. The summed E-state index contributed by atoms with van der Waals surface area (Å²) in [4.78, 5) is 17.6. The molecule has 1 unspecified atom stereocenters. The van der Waals surface area contributed by atoms with Gasteiger partial charge in [-0.25, -0.2) is 11.4 Å². The fraction of sp³-hybridized carbons (Fsp3) is 0.179. The molecule has 4 rings (SSSR count). The Morgan fingerprint density at radius 2 is 1.86 bits per heavy atom. The predicted molar refractivity (Wildman–Crippen MR) is 152 cm³/mol. The first-order valence-electron chi connectivity index (χ1n) is 11.8. The number of aliphatic imine (C=N–C) groups is 1. The van der Waals surface area contributed by atoms with E-state index in [1.165, 1.54) is 0 Å². The zero-order valence-corrected chi connectivity index (χ0v) is 21.3. The highest BCUT2D eigenvalue weighted by atomic mass is 16.3. The normalized spacial score (nSPS) is 12.7. The fourth-order valence-corrected chi connectivity index (χ4v) is 4.40. The minimum Gasteiger partial charge on any atom is -0.455 e. The minimum absolute atomic E-state index is 0.0817. The van der Waals surface area contributed by atoms with Crippen molar-refractivity contribution >= 4 is 34.4 Å². The van der Waals surface area contributed by atoms with E-state index in [9.17, 15) is 4.79 Å². The van der Waals surface area contributed by atoms with Crippen LogP contribution in [0.15, 0.2) is 73.9 Å². The van der Waals surface area contributed by atoms with Gasteiger partial charge in [-0.15, -0.1) is 5.10 Å². The van der Waals surface area contributed by atoms with Crippen molar-refractivity contribution in [1.82, 2.24) is 5.53 Å². The second-order valence-corrected chi connectivity index (χ2v) is 8.88. The van der Waals surface area contributed by atoms with Gasteiger partial charge in [0.15, 0.2) is 11.3 Å². The Kier molecular flexibility index (Phi) is 7.26. The van der Waals surface area contributed by atoms with E-state index < -0.39 is 0 Å². The van der Waals surface area contributed by atoms with Gasteiger partial charge in [0.2, 0.25) is 0 Å². The van der Waals surface area contributed by atoms with Crippen LogP contribution in [0.25, 0.3) is 22.3 Å². The molecular formula is C28H31N7O2. The number of amidine groups is 1. The lowest BCUT2D eigenvalue weighted by atomic mass is 9.98. The number of fused-ring (bicyclic) bond motifs is 1. The number of anilines is 2. The van der Waals surface area contributed by atoms with Crippen LogP contribution in [0.5, 0.6) is 0 Å². The lowest BCUT2D eigenvalue weighted by molar-refractivity contribution is 0.605. The Bertz CT molecular complexity index is 1590. The van der Waals surface area contributed by atoms with Gasteiger partial charge in [0, 0.05) is 52.5 Å². The van der Waals surface area contributed by atoms with Crippen molar-refractivity contribution in [3.05, 3.63) is 92.6 Å². The van der Waals surface area contributed by atoms with Gasteiger partial charge < -0.3 is 21.2 Å². The molecule has 0 saturated heterocycles. The molecule has 0 bridgehead atoms. The van der Waals surface area contributed by atoms with Crippen molar-refractivity contribution in [2.45, 2.75) is 26.8 Å². The number of para-hydroxylation sites is 1. The lowest BCUT2D eigenvalue weighted by Crippen LogP contribution is -2.24. The summed E-state index contributed by atoms with van der Waals surface area (Å²) in [7, 11) is 1.68. The average Bonchev–Trinajstić information content (AvgIpc) is 2.88. The molecule has 0 aliphatic rings. The van der Waals surface area contributed by atoms with E-state index in [0.717, 1.165) is 27.9 Å². The summed E-state index contributed by atoms with van der Waals surface area (Å²) in [6.45, 7) is 5.73. The number of hydrazone groups is 1. The quantitative estimate of drug-likeness (QED) is 0.0850. The summed E-state index contributed by atoms with van der Waals surface area (Å²) in [5, 5.41) is 7.91. The summed E-state index contributed by atoms with van der Waals surface area (Å²) in [6.07, 6.45) is 1.68. The first-order valence-corrected chi connectivity index (χ1v) is 11.8. The van der Waals surface area contributed by atoms with E-state index in [4.69, 9.17) is 21.7 Å². The molecule has 190 valence electrons. The molecule has 9 heteroatoms. The van der Waals surface area contributed by atoms with Crippen LogP contribution in [0.3, 0.4) is 0 Å². The number of hydrogen-bond donors (Lipinski definition) is 5. The molecule has 0 saturated carbocycles. The molecule has 0 radical (unpaired) electrons. The SMILES string of the molecule is CN=Cc1cc(-c2oc3c(C(C)Nc4ccccc4/C(N)=N/NN)cc(C)cc3c(=O)c2C)ccc1N. The van der Waals surface area contributed by atoms with Gasteiger partial charge in [0.05, 0.1) is 11.4 Å². The van der Waals surface area contributed by atoms with Gasteiger partial charge in [0.1, 0.15) is 11.3 Å². The zero-order valence-electron chi connectivity index (χ0n) is 21.3. The second kappa shape index (κ2) is 10.5. The Morgan fingerprint density at radius 1 is 1.11 bits per heavy atom. The molecule has 0 amide bonds. The Balaban J connectivity index is 1.88. The third-order valence-electron chi connectivity index (χ3n) is 6.24. The van der Waals surface area contributed by atoms with Crippen molar-refractivity contribution in [2.75, 3.05) is 18.1 Å². The highest BCUT2D eigenvalue weighted by Gasteiger charge is 2.20. The highest BCUT2D eigenvalue weighted by Crippen LogP contribution is 2.33. The van der Waals surface area contributed by atoms with Crippen LogP contribution in [0.4, 0.5) is 11.4 Å². The smallest absolute Gasteiger partial charge is 0.196 e. The number of nitrogen functional groups attached to an aromatic ring is 1. The number of rotatable bonds is 7. The van der Waals surface area contributed by atoms with Gasteiger partial charge in [0.25, 0.3) is 0 Å². The molecule has 1 heterocycles. The van der Waals surface area contributed by atoms with Crippen molar-refractivity contribution < 1.29 is 4.42 Å². The zero-order chi connectivity index (χ0) is 26.7. The fourth-order valence-electron chi connectivity index (χ4n) is 4.40. The molecule has 8 N–H and O–H groups in total. The van der Waals surface area contributed by atoms with Crippen LogP contribution in [0, 0.1) is 13.8 Å². The van der Waals surface area contributed by atoms with E-state index in [0.29, 0.717) is 33.5 Å². The molecule has 4 aromatic rings. The largest absolute Gasteiger partial charge is 0.455 e. The highest BCUT2D eigenvalue weighted by molar-refractivity contribution is 6.02. The van der Waals surface area contributed by atoms with Gasteiger partial charge in [-0.1, -0.05) is 18.2 Å². The summed E-state index contributed by atoms with van der Waals surface area (Å²) < 4.78 is 6.49. The van der Waals surface area contributed by atoms with Crippen LogP contribution >= 0.6 is 0 Å². The number of nitrogens with one attached hydrogen (secondary N) is 2. The van der Waals surface area contributed by atoms with Crippen LogP contribution in [-0.2, 0) is 0 Å². The summed E-state index contributed by atoms with van der Waals surface area (Å²) in [5.74, 6) is 6.05. The Morgan fingerprint density at radius 3 is 2.59 bits per heavy atom. The molecule has 0 aliphatic carbocycles. The molecule has 9 nitrogen and oxygen atoms in total. The van der Waals surface area contributed by atoms with Crippen LogP contribution in [0.1, 0.15) is 40.8 Å².